The standard InChI is InChI=1S/C11H21NO4S/c1-6-15-9(13)8(7-17-5)12-10(14)16-11(2,3)4/h8H,6-7H2,1-5H3,(H,12,14)/p-1/t8-/m1/s1. The SMILES string of the molecule is CCOC(=O)[C@@H](CSC)N=C([O-])OC(C)(C)C. The minimum atomic E-state index is -0.792. The lowest BCUT2D eigenvalue weighted by atomic mass is 10.2. The van der Waals surface area contributed by atoms with Crippen LogP contribution in [0.15, 0.2) is 4.99 Å². The molecule has 0 spiro atoms. The molecular formula is C11H20NO4S-. The average molecular weight is 262 g/mol. The fourth-order valence-electron chi connectivity index (χ4n) is 0.970. The first kappa shape index (κ1) is 16.1. The molecule has 0 aliphatic carbocycles. The highest BCUT2D eigenvalue weighted by Crippen LogP contribution is 2.09. The molecule has 0 aromatic rings. The fourth-order valence-corrected chi connectivity index (χ4v) is 1.50. The van der Waals surface area contributed by atoms with Crippen molar-refractivity contribution < 1.29 is 19.4 Å². The van der Waals surface area contributed by atoms with E-state index in [9.17, 15) is 9.90 Å². The molecule has 0 saturated heterocycles. The van der Waals surface area contributed by atoms with Gasteiger partial charge in [-0.25, -0.2) is 4.79 Å². The van der Waals surface area contributed by atoms with Crippen LogP contribution in [0.25, 0.3) is 0 Å². The number of carbonyl (C=O) groups is 1. The molecule has 0 unspecified atom stereocenters. The van der Waals surface area contributed by atoms with Crippen molar-refractivity contribution in [1.82, 2.24) is 0 Å². The summed E-state index contributed by atoms with van der Waals surface area (Å²) in [6.07, 6.45) is 1.10. The average Bonchev–Trinajstić information content (AvgIpc) is 2.14. The van der Waals surface area contributed by atoms with Gasteiger partial charge in [-0.05, 0) is 13.2 Å². The summed E-state index contributed by atoms with van der Waals surface area (Å²) >= 11 is 1.42. The minimum Gasteiger partial charge on any atom is -0.595 e. The van der Waals surface area contributed by atoms with E-state index in [0.717, 1.165) is 0 Å². The first-order chi connectivity index (χ1) is 7.80. The number of hydrogen-bond acceptors (Lipinski definition) is 6. The van der Waals surface area contributed by atoms with E-state index in [1.165, 1.54) is 11.8 Å². The van der Waals surface area contributed by atoms with Crippen LogP contribution in [0.1, 0.15) is 27.7 Å². The van der Waals surface area contributed by atoms with Gasteiger partial charge >= 0.3 is 5.97 Å². The van der Waals surface area contributed by atoms with Crippen molar-refractivity contribution >= 4 is 23.8 Å². The van der Waals surface area contributed by atoms with E-state index in [1.807, 2.05) is 6.26 Å². The topological polar surface area (TPSA) is 71.0 Å². The molecule has 0 N–H and O–H groups in total. The maximum Gasteiger partial charge on any atom is 0.331 e. The number of nitrogens with zero attached hydrogens (tertiary/aromatic N) is 1. The van der Waals surface area contributed by atoms with Crippen LogP contribution < -0.4 is 5.11 Å². The molecule has 0 aliphatic rings. The van der Waals surface area contributed by atoms with Crippen molar-refractivity contribution in [3.8, 4) is 0 Å². The van der Waals surface area contributed by atoms with Gasteiger partial charge in [0.05, 0.1) is 6.61 Å². The van der Waals surface area contributed by atoms with Gasteiger partial charge in [-0.1, -0.05) is 20.8 Å². The maximum atomic E-state index is 11.5. The van der Waals surface area contributed by atoms with E-state index >= 15 is 0 Å². The monoisotopic (exact) mass is 262 g/mol. The number of rotatable bonds is 5. The Kier molecular flexibility index (Phi) is 7.03. The van der Waals surface area contributed by atoms with Crippen LogP contribution in [0.3, 0.4) is 0 Å². The first-order valence-electron chi connectivity index (χ1n) is 5.39. The number of ether oxygens (including phenoxy) is 2. The lowest BCUT2D eigenvalue weighted by Gasteiger charge is -2.30. The Balaban J connectivity index is 4.61. The second-order valence-electron chi connectivity index (χ2n) is 4.33. The predicted octanol–water partition coefficient (Wildman–Crippen LogP) is 0.812. The Morgan fingerprint density at radius 1 is 1.47 bits per heavy atom. The van der Waals surface area contributed by atoms with Crippen LogP contribution in [-0.2, 0) is 14.3 Å². The van der Waals surface area contributed by atoms with Crippen LogP contribution >= 0.6 is 11.8 Å². The second-order valence-corrected chi connectivity index (χ2v) is 5.24. The summed E-state index contributed by atoms with van der Waals surface area (Å²) in [6, 6.07) is -0.792. The minimum absolute atomic E-state index is 0.271. The quantitative estimate of drug-likeness (QED) is 0.416. The van der Waals surface area contributed by atoms with Crippen LogP contribution in [0.5, 0.6) is 0 Å². The smallest absolute Gasteiger partial charge is 0.331 e. The summed E-state index contributed by atoms with van der Waals surface area (Å²) < 4.78 is 9.85. The summed E-state index contributed by atoms with van der Waals surface area (Å²) in [7, 11) is 0. The molecule has 0 aromatic carbocycles. The number of hydrogen-bond donors (Lipinski definition) is 0. The van der Waals surface area contributed by atoms with Gasteiger partial charge in [-0.2, -0.15) is 11.8 Å². The van der Waals surface area contributed by atoms with E-state index in [1.54, 1.807) is 27.7 Å². The largest absolute Gasteiger partial charge is 0.595 e. The van der Waals surface area contributed by atoms with Gasteiger partial charge in [0.25, 0.3) is 0 Å². The van der Waals surface area contributed by atoms with E-state index < -0.39 is 23.7 Å². The summed E-state index contributed by atoms with van der Waals surface area (Å²) in [6.45, 7) is 7.21. The van der Waals surface area contributed by atoms with Crippen molar-refractivity contribution in [1.29, 1.82) is 0 Å². The molecule has 0 fully saturated rings. The molecule has 0 radical (unpaired) electrons. The molecule has 0 bridgehead atoms. The molecule has 0 saturated carbocycles. The molecule has 0 heterocycles. The second kappa shape index (κ2) is 7.42. The third kappa shape index (κ3) is 7.90. The van der Waals surface area contributed by atoms with E-state index in [0.29, 0.717) is 5.75 Å². The highest BCUT2D eigenvalue weighted by Gasteiger charge is 2.18. The van der Waals surface area contributed by atoms with Crippen LogP contribution in [-0.4, -0.2) is 42.3 Å². The van der Waals surface area contributed by atoms with Gasteiger partial charge in [0.1, 0.15) is 6.08 Å². The Hall–Kier alpha value is -0.910. The third-order valence-corrected chi connectivity index (χ3v) is 2.19. The molecule has 6 heteroatoms. The van der Waals surface area contributed by atoms with Crippen LogP contribution in [0.4, 0.5) is 0 Å². The third-order valence-electron chi connectivity index (χ3n) is 1.54. The van der Waals surface area contributed by atoms with Crippen molar-refractivity contribution in [2.75, 3.05) is 18.6 Å². The molecule has 0 aliphatic heterocycles. The van der Waals surface area contributed by atoms with E-state index in [-0.39, 0.29) is 6.61 Å². The number of esters is 1. The van der Waals surface area contributed by atoms with E-state index in [4.69, 9.17) is 9.47 Å². The zero-order valence-electron chi connectivity index (χ0n) is 11.0. The molecule has 1 atom stereocenters. The van der Waals surface area contributed by atoms with Gasteiger partial charge < -0.3 is 14.6 Å². The van der Waals surface area contributed by atoms with Crippen molar-refractivity contribution in [2.24, 2.45) is 4.99 Å². The Bertz CT molecular complexity index is 273. The van der Waals surface area contributed by atoms with Gasteiger partial charge in [0.2, 0.25) is 0 Å². The first-order valence-corrected chi connectivity index (χ1v) is 6.79. The zero-order chi connectivity index (χ0) is 13.5. The molecule has 0 aromatic heterocycles. The molecule has 100 valence electrons. The van der Waals surface area contributed by atoms with Crippen molar-refractivity contribution in [2.45, 2.75) is 39.3 Å². The highest BCUT2D eigenvalue weighted by atomic mass is 32.2. The Labute approximate surface area is 107 Å². The normalized spacial score (nSPS) is 14.3. The van der Waals surface area contributed by atoms with Gasteiger partial charge in [0, 0.05) is 11.4 Å². The summed E-state index contributed by atoms with van der Waals surface area (Å²) in [5.74, 6) is -0.0920. The lowest BCUT2D eigenvalue weighted by molar-refractivity contribution is -0.261. The van der Waals surface area contributed by atoms with Gasteiger partial charge in [-0.3, -0.25) is 4.99 Å². The van der Waals surface area contributed by atoms with Crippen molar-refractivity contribution in [3.05, 3.63) is 0 Å². The number of carbonyl (C=O) groups excluding carboxylic acids is 1. The number of thioether (sulfide) groups is 1. The lowest BCUT2D eigenvalue weighted by Crippen LogP contribution is -2.35. The summed E-state index contributed by atoms with van der Waals surface area (Å²) in [5.41, 5.74) is -0.612. The molecule has 0 rings (SSSR count). The zero-order valence-corrected chi connectivity index (χ0v) is 11.8. The number of aliphatic imine (C=N–C) groups is 1. The van der Waals surface area contributed by atoms with Gasteiger partial charge in [0.15, 0.2) is 6.04 Å². The molecule has 0 amide bonds. The molecule has 5 nitrogen and oxygen atoms in total. The Morgan fingerprint density at radius 3 is 2.47 bits per heavy atom. The molecular weight excluding hydrogens is 242 g/mol. The summed E-state index contributed by atoms with van der Waals surface area (Å²) in [5, 5.41) is 11.4. The summed E-state index contributed by atoms with van der Waals surface area (Å²) in [4.78, 5) is 15.2. The Morgan fingerprint density at radius 2 is 2.06 bits per heavy atom. The predicted molar refractivity (Wildman–Crippen MR) is 67.1 cm³/mol. The fraction of sp³-hybridized carbons (Fsp3) is 0.818. The highest BCUT2D eigenvalue weighted by molar-refractivity contribution is 7.98. The van der Waals surface area contributed by atoms with Crippen molar-refractivity contribution in [3.63, 3.8) is 0 Å². The van der Waals surface area contributed by atoms with Crippen LogP contribution in [0.2, 0.25) is 0 Å². The maximum absolute atomic E-state index is 11.5. The van der Waals surface area contributed by atoms with Gasteiger partial charge in [-0.15, -0.1) is 0 Å². The van der Waals surface area contributed by atoms with E-state index in [2.05, 4.69) is 4.99 Å². The molecule has 17 heavy (non-hydrogen) atoms. The van der Waals surface area contributed by atoms with Crippen LogP contribution in [0, 0.1) is 0 Å².